The van der Waals surface area contributed by atoms with Crippen molar-refractivity contribution in [2.75, 3.05) is 18.5 Å². The predicted molar refractivity (Wildman–Crippen MR) is 118 cm³/mol. The molecule has 0 unspecified atom stereocenters. The van der Waals surface area contributed by atoms with Gasteiger partial charge in [-0.25, -0.2) is 9.97 Å². The Hall–Kier alpha value is -2.72. The topological polar surface area (TPSA) is 113 Å². The van der Waals surface area contributed by atoms with Crippen molar-refractivity contribution in [2.24, 2.45) is 0 Å². The molecule has 8 nitrogen and oxygen atoms in total. The largest absolute Gasteiger partial charge is 0.484 e. The van der Waals surface area contributed by atoms with Gasteiger partial charge in [-0.15, -0.1) is 11.3 Å². The number of rotatable bonds is 7. The number of pyridine rings is 1. The van der Waals surface area contributed by atoms with E-state index in [1.165, 1.54) is 11.3 Å². The molecule has 4 aromatic rings. The fraction of sp³-hybridized carbons (Fsp3) is 0.158. The van der Waals surface area contributed by atoms with Crippen LogP contribution in [-0.4, -0.2) is 38.2 Å². The Labute approximate surface area is 184 Å². The average Bonchev–Trinajstić information content (AvgIpc) is 3.20. The summed E-state index contributed by atoms with van der Waals surface area (Å²) < 4.78 is 5.68. The Morgan fingerprint density at radius 2 is 2.10 bits per heavy atom. The maximum Gasteiger partial charge on any atom is 0.258 e. The third kappa shape index (κ3) is 4.39. The summed E-state index contributed by atoms with van der Waals surface area (Å²) in [5.41, 5.74) is 1.17. The van der Waals surface area contributed by atoms with Crippen LogP contribution in [0, 0.1) is 0 Å². The third-order valence-electron chi connectivity index (χ3n) is 4.07. The van der Waals surface area contributed by atoms with Crippen LogP contribution in [0.5, 0.6) is 5.75 Å². The number of anilines is 1. The number of halogens is 2. The smallest absolute Gasteiger partial charge is 0.258 e. The number of ether oxygens (including phenoxy) is 1. The Morgan fingerprint density at radius 3 is 2.90 bits per heavy atom. The molecule has 0 saturated heterocycles. The zero-order valence-corrected chi connectivity index (χ0v) is 17.7. The maximum atomic E-state index is 12.6. The first kappa shape index (κ1) is 20.5. The second kappa shape index (κ2) is 8.97. The van der Waals surface area contributed by atoms with Crippen LogP contribution in [-0.2, 0) is 6.61 Å². The highest BCUT2D eigenvalue weighted by molar-refractivity contribution is 7.14. The number of hydrogen-bond donors (Lipinski definition) is 3. The van der Waals surface area contributed by atoms with Gasteiger partial charge < -0.3 is 20.1 Å². The molecule has 3 heterocycles. The van der Waals surface area contributed by atoms with E-state index >= 15 is 0 Å². The van der Waals surface area contributed by atoms with Gasteiger partial charge in [0.1, 0.15) is 35.1 Å². The van der Waals surface area contributed by atoms with Crippen LogP contribution < -0.4 is 15.6 Å². The number of thiazole rings is 1. The zero-order valence-electron chi connectivity index (χ0n) is 15.4. The zero-order chi connectivity index (χ0) is 21.1. The fourth-order valence-corrected chi connectivity index (χ4v) is 3.92. The van der Waals surface area contributed by atoms with E-state index in [4.69, 9.17) is 33.0 Å². The van der Waals surface area contributed by atoms with Crippen LogP contribution in [0.25, 0.3) is 22.3 Å². The summed E-state index contributed by atoms with van der Waals surface area (Å²) in [4.78, 5) is 28.7. The lowest BCUT2D eigenvalue weighted by molar-refractivity contribution is 0.296. The summed E-state index contributed by atoms with van der Waals surface area (Å²) in [6, 6.07) is 6.48. The van der Waals surface area contributed by atoms with Crippen molar-refractivity contribution in [3.05, 3.63) is 62.1 Å². The highest BCUT2D eigenvalue weighted by Crippen LogP contribution is 2.29. The number of hydrogen-bond acceptors (Lipinski definition) is 8. The number of fused-ring (bicyclic) bond motifs is 1. The SMILES string of the molecule is O=c1[nH]c(COc2ccc(Cl)cc2Cl)nc2c(-c3csc(NCCO)n3)nccc12. The van der Waals surface area contributed by atoms with Crippen molar-refractivity contribution >= 4 is 50.6 Å². The Morgan fingerprint density at radius 1 is 1.23 bits per heavy atom. The van der Waals surface area contributed by atoms with E-state index in [1.807, 2.05) is 5.38 Å². The van der Waals surface area contributed by atoms with Crippen molar-refractivity contribution in [1.29, 1.82) is 0 Å². The van der Waals surface area contributed by atoms with Gasteiger partial charge in [-0.05, 0) is 24.3 Å². The van der Waals surface area contributed by atoms with Crippen molar-refractivity contribution in [2.45, 2.75) is 6.61 Å². The van der Waals surface area contributed by atoms with E-state index in [1.54, 1.807) is 30.5 Å². The third-order valence-corrected chi connectivity index (χ3v) is 5.40. The van der Waals surface area contributed by atoms with Gasteiger partial charge in [-0.1, -0.05) is 23.2 Å². The molecule has 3 aromatic heterocycles. The maximum absolute atomic E-state index is 12.6. The summed E-state index contributed by atoms with van der Waals surface area (Å²) in [6.07, 6.45) is 1.54. The van der Waals surface area contributed by atoms with Crippen LogP contribution in [0.15, 0.2) is 40.6 Å². The van der Waals surface area contributed by atoms with E-state index in [-0.39, 0.29) is 18.8 Å². The highest BCUT2D eigenvalue weighted by Gasteiger charge is 2.14. The monoisotopic (exact) mass is 463 g/mol. The minimum absolute atomic E-state index is 0.000636. The molecule has 0 atom stereocenters. The van der Waals surface area contributed by atoms with Gasteiger partial charge in [-0.3, -0.25) is 9.78 Å². The minimum Gasteiger partial charge on any atom is -0.484 e. The molecular weight excluding hydrogens is 449 g/mol. The minimum atomic E-state index is -0.307. The molecule has 0 spiro atoms. The predicted octanol–water partition coefficient (Wildman–Crippen LogP) is 3.73. The Balaban J connectivity index is 1.67. The lowest BCUT2D eigenvalue weighted by Gasteiger charge is -2.09. The second-order valence-corrected chi connectivity index (χ2v) is 7.82. The lowest BCUT2D eigenvalue weighted by Crippen LogP contribution is -2.14. The Kier molecular flexibility index (Phi) is 6.14. The summed E-state index contributed by atoms with van der Waals surface area (Å²) in [5, 5.41) is 15.7. The molecule has 0 bridgehead atoms. The average molecular weight is 464 g/mol. The van der Waals surface area contributed by atoms with E-state index in [2.05, 4.69) is 25.3 Å². The van der Waals surface area contributed by atoms with Gasteiger partial charge in [0, 0.05) is 23.1 Å². The van der Waals surface area contributed by atoms with Gasteiger partial charge in [0.25, 0.3) is 5.56 Å². The summed E-state index contributed by atoms with van der Waals surface area (Å²) in [7, 11) is 0. The van der Waals surface area contributed by atoms with Crippen LogP contribution in [0.2, 0.25) is 10.0 Å². The fourth-order valence-electron chi connectivity index (χ4n) is 2.73. The number of aliphatic hydroxyl groups is 1. The molecule has 1 aromatic carbocycles. The normalized spacial score (nSPS) is 11.0. The number of benzene rings is 1. The van der Waals surface area contributed by atoms with Gasteiger partial charge in [0.2, 0.25) is 0 Å². The van der Waals surface area contributed by atoms with Gasteiger partial charge in [0.05, 0.1) is 17.0 Å². The number of H-pyrrole nitrogens is 1. The molecule has 0 aliphatic heterocycles. The van der Waals surface area contributed by atoms with Crippen molar-refractivity contribution in [3.8, 4) is 17.1 Å². The molecule has 0 fully saturated rings. The molecule has 0 amide bonds. The van der Waals surface area contributed by atoms with E-state index in [9.17, 15) is 4.79 Å². The van der Waals surface area contributed by atoms with E-state index < -0.39 is 0 Å². The molecule has 3 N–H and O–H groups in total. The summed E-state index contributed by atoms with van der Waals surface area (Å²) >= 11 is 13.4. The van der Waals surface area contributed by atoms with Crippen LogP contribution >= 0.6 is 34.5 Å². The molecule has 30 heavy (non-hydrogen) atoms. The van der Waals surface area contributed by atoms with Crippen molar-refractivity contribution < 1.29 is 9.84 Å². The second-order valence-electron chi connectivity index (χ2n) is 6.12. The van der Waals surface area contributed by atoms with Crippen molar-refractivity contribution in [3.63, 3.8) is 0 Å². The quantitative estimate of drug-likeness (QED) is 0.382. The standard InChI is InChI=1S/C19H15Cl2N5O3S/c20-10-1-2-14(12(21)7-10)29-8-15-25-16-11(18(28)26-15)3-4-22-17(16)13-9-30-19(24-13)23-5-6-27/h1-4,7,9,27H,5-6,8H2,(H,23,24)(H,25,26,28). The van der Waals surface area contributed by atoms with Crippen LogP contribution in [0.4, 0.5) is 5.13 Å². The summed E-state index contributed by atoms with van der Waals surface area (Å²) in [5.74, 6) is 0.746. The number of nitrogens with zero attached hydrogens (tertiary/aromatic N) is 3. The molecule has 0 radical (unpaired) electrons. The van der Waals surface area contributed by atoms with Gasteiger partial charge in [0.15, 0.2) is 5.13 Å². The molecular formula is C19H15Cl2N5O3S. The van der Waals surface area contributed by atoms with E-state index in [0.717, 1.165) is 0 Å². The van der Waals surface area contributed by atoms with Gasteiger partial charge in [-0.2, -0.15) is 0 Å². The first-order valence-corrected chi connectivity index (χ1v) is 10.4. The first-order chi connectivity index (χ1) is 14.5. The molecule has 0 aliphatic rings. The highest BCUT2D eigenvalue weighted by atomic mass is 35.5. The first-order valence-electron chi connectivity index (χ1n) is 8.81. The summed E-state index contributed by atoms with van der Waals surface area (Å²) in [6.45, 7) is 0.392. The van der Waals surface area contributed by atoms with Crippen molar-refractivity contribution in [1.82, 2.24) is 19.9 Å². The number of aromatic nitrogens is 4. The van der Waals surface area contributed by atoms with Crippen LogP contribution in [0.1, 0.15) is 5.82 Å². The number of nitrogens with one attached hydrogen (secondary N) is 2. The molecule has 0 aliphatic carbocycles. The Bertz CT molecular complexity index is 1260. The van der Waals surface area contributed by atoms with Gasteiger partial charge >= 0.3 is 0 Å². The molecule has 4 rings (SSSR count). The molecule has 11 heteroatoms. The molecule has 154 valence electrons. The number of aromatic amines is 1. The number of aliphatic hydroxyl groups excluding tert-OH is 1. The lowest BCUT2D eigenvalue weighted by atomic mass is 10.2. The van der Waals surface area contributed by atoms with Crippen LogP contribution in [0.3, 0.4) is 0 Å². The van der Waals surface area contributed by atoms with E-state index in [0.29, 0.717) is 55.6 Å². The molecule has 0 saturated carbocycles.